The molecule has 0 aliphatic carbocycles. The fourth-order valence-electron chi connectivity index (χ4n) is 3.41. The molecule has 1 aromatic carbocycles. The van der Waals surface area contributed by atoms with Gasteiger partial charge in [-0.2, -0.15) is 5.10 Å². The van der Waals surface area contributed by atoms with Crippen molar-refractivity contribution in [2.75, 3.05) is 18.6 Å². The molecule has 0 saturated carbocycles. The van der Waals surface area contributed by atoms with Gasteiger partial charge in [-0.3, -0.25) is 4.99 Å². The summed E-state index contributed by atoms with van der Waals surface area (Å²) in [5.41, 5.74) is 4.56. The zero-order valence-corrected chi connectivity index (χ0v) is 20.6. The van der Waals surface area contributed by atoms with Gasteiger partial charge in [0.25, 0.3) is 0 Å². The molecule has 0 radical (unpaired) electrons. The molecule has 0 heterocycles. The molecule has 0 aliphatic rings. The Balaban J connectivity index is 3.49. The summed E-state index contributed by atoms with van der Waals surface area (Å²) in [5, 5.41) is 9.37. The van der Waals surface area contributed by atoms with Crippen molar-refractivity contribution >= 4 is 29.4 Å². The van der Waals surface area contributed by atoms with Crippen LogP contribution in [0.3, 0.4) is 0 Å². The van der Waals surface area contributed by atoms with Crippen molar-refractivity contribution in [3.63, 3.8) is 0 Å². The van der Waals surface area contributed by atoms with Crippen LogP contribution in [0.25, 0.3) is 5.57 Å². The first-order chi connectivity index (χ1) is 14.7. The number of hydrazone groups is 1. The van der Waals surface area contributed by atoms with Crippen LogP contribution in [-0.4, -0.2) is 26.0 Å². The number of rotatable bonds is 13. The first-order valence-corrected chi connectivity index (χ1v) is 11.3. The first-order valence-electron chi connectivity index (χ1n) is 11.3. The van der Waals surface area contributed by atoms with Crippen molar-refractivity contribution in [1.29, 1.82) is 0 Å². The highest BCUT2D eigenvalue weighted by Crippen LogP contribution is 2.38. The maximum Gasteiger partial charge on any atom is 0.151 e. The van der Waals surface area contributed by atoms with E-state index in [1.165, 1.54) is 12.5 Å². The van der Waals surface area contributed by atoms with Crippen LogP contribution in [0.4, 0.5) is 15.8 Å². The van der Waals surface area contributed by atoms with E-state index >= 15 is 4.39 Å². The van der Waals surface area contributed by atoms with Crippen molar-refractivity contribution in [2.24, 2.45) is 21.9 Å². The van der Waals surface area contributed by atoms with E-state index < -0.39 is 0 Å². The number of hydrogen-bond donors (Lipinski definition) is 1. The SMILES string of the molecule is C=Nc1cc(F)c(N(/N=C(\C)CC)C(=C)C)cc1/C(=C\C(C)CCCCNC)C(C)C. The highest BCUT2D eigenvalue weighted by molar-refractivity contribution is 5.84. The normalized spacial score (nSPS) is 13.5. The molecule has 0 spiro atoms. The maximum atomic E-state index is 15.1. The Kier molecular flexibility index (Phi) is 11.4. The lowest BCUT2D eigenvalue weighted by Crippen LogP contribution is -2.17. The monoisotopic (exact) mass is 428 g/mol. The van der Waals surface area contributed by atoms with Crippen LogP contribution in [0.5, 0.6) is 0 Å². The number of halogens is 1. The summed E-state index contributed by atoms with van der Waals surface area (Å²) in [5.74, 6) is 0.292. The van der Waals surface area contributed by atoms with Gasteiger partial charge >= 0.3 is 0 Å². The Hall–Kier alpha value is -2.27. The molecule has 0 aromatic heterocycles. The van der Waals surface area contributed by atoms with Gasteiger partial charge in [-0.15, -0.1) is 0 Å². The zero-order valence-electron chi connectivity index (χ0n) is 20.6. The number of anilines is 1. The fourth-order valence-corrected chi connectivity index (χ4v) is 3.41. The molecule has 4 nitrogen and oxygen atoms in total. The average Bonchev–Trinajstić information content (AvgIpc) is 2.73. The third-order valence-electron chi connectivity index (χ3n) is 5.34. The summed E-state index contributed by atoms with van der Waals surface area (Å²) < 4.78 is 15.1. The highest BCUT2D eigenvalue weighted by atomic mass is 19.1. The minimum absolute atomic E-state index is 0.262. The molecule has 0 amide bonds. The molecule has 0 aliphatic heterocycles. The molecule has 0 saturated heterocycles. The molecular weight excluding hydrogens is 387 g/mol. The lowest BCUT2D eigenvalue weighted by atomic mass is 9.89. The number of nitrogens with zero attached hydrogens (tertiary/aromatic N) is 3. The van der Waals surface area contributed by atoms with Crippen molar-refractivity contribution in [2.45, 2.75) is 67.2 Å². The number of nitrogens with one attached hydrogen (secondary N) is 1. The van der Waals surface area contributed by atoms with Gasteiger partial charge in [0, 0.05) is 23.0 Å². The van der Waals surface area contributed by atoms with Gasteiger partial charge < -0.3 is 5.32 Å². The van der Waals surface area contributed by atoms with E-state index in [9.17, 15) is 0 Å². The molecule has 1 aromatic rings. The second kappa shape index (κ2) is 13.2. The topological polar surface area (TPSA) is 40.0 Å². The minimum atomic E-state index is -0.384. The van der Waals surface area contributed by atoms with E-state index in [2.05, 4.69) is 55.6 Å². The Labute approximate surface area is 189 Å². The summed E-state index contributed by atoms with van der Waals surface area (Å²) in [4.78, 5) is 4.13. The van der Waals surface area contributed by atoms with E-state index in [0.717, 1.165) is 42.7 Å². The van der Waals surface area contributed by atoms with Crippen molar-refractivity contribution in [1.82, 2.24) is 5.32 Å². The van der Waals surface area contributed by atoms with Gasteiger partial charge in [-0.05, 0) is 76.9 Å². The zero-order chi connectivity index (χ0) is 23.6. The summed E-state index contributed by atoms with van der Waals surface area (Å²) in [6.07, 6.45) is 6.53. The fraction of sp³-hybridized carbons (Fsp3) is 0.538. The van der Waals surface area contributed by atoms with Crippen LogP contribution in [0.1, 0.15) is 72.8 Å². The minimum Gasteiger partial charge on any atom is -0.320 e. The van der Waals surface area contributed by atoms with Crippen LogP contribution in [0.15, 0.2) is 40.6 Å². The van der Waals surface area contributed by atoms with Gasteiger partial charge in [-0.25, -0.2) is 9.40 Å². The number of hydrogen-bond acceptors (Lipinski definition) is 4. The van der Waals surface area contributed by atoms with Gasteiger partial charge in [0.2, 0.25) is 0 Å². The number of aliphatic imine (C=N–C) groups is 1. The predicted molar refractivity (Wildman–Crippen MR) is 136 cm³/mol. The number of benzene rings is 1. The largest absolute Gasteiger partial charge is 0.320 e. The predicted octanol–water partition coefficient (Wildman–Crippen LogP) is 7.35. The van der Waals surface area contributed by atoms with Gasteiger partial charge in [0.1, 0.15) is 5.69 Å². The molecule has 1 unspecified atom stereocenters. The van der Waals surface area contributed by atoms with E-state index in [-0.39, 0.29) is 11.7 Å². The average molecular weight is 429 g/mol. The summed E-state index contributed by atoms with van der Waals surface area (Å²) in [6, 6.07) is 3.30. The van der Waals surface area contributed by atoms with Gasteiger partial charge in [0.05, 0.1) is 5.69 Å². The molecule has 1 atom stereocenters. The standard InChI is InChI=1S/C26H41FN4/c1-10-21(7)30-31(19(4)5)26-16-23(25(29-9)17-24(26)27)22(18(2)3)15-20(6)13-11-12-14-28-8/h15-18,20,28H,4,9-14H2,1-3,5-8H3/b22-15-,30-21+. The molecule has 1 rings (SSSR count). The lowest BCUT2D eigenvalue weighted by molar-refractivity contribution is 0.567. The Morgan fingerprint density at radius 3 is 2.42 bits per heavy atom. The van der Waals surface area contributed by atoms with E-state index in [4.69, 9.17) is 0 Å². The summed E-state index contributed by atoms with van der Waals surface area (Å²) in [7, 11) is 1.98. The van der Waals surface area contributed by atoms with E-state index in [0.29, 0.717) is 23.0 Å². The molecule has 172 valence electrons. The molecule has 0 bridgehead atoms. The number of allylic oxidation sites excluding steroid dienone is 3. The molecular formula is C26H41FN4. The highest BCUT2D eigenvalue weighted by Gasteiger charge is 2.20. The van der Waals surface area contributed by atoms with Crippen LogP contribution in [0.2, 0.25) is 0 Å². The Morgan fingerprint density at radius 1 is 1.23 bits per heavy atom. The third-order valence-corrected chi connectivity index (χ3v) is 5.34. The van der Waals surface area contributed by atoms with E-state index in [1.807, 2.05) is 33.9 Å². The Morgan fingerprint density at radius 2 is 1.90 bits per heavy atom. The molecule has 5 heteroatoms. The van der Waals surface area contributed by atoms with Crippen molar-refractivity contribution in [3.8, 4) is 0 Å². The second-order valence-corrected chi connectivity index (χ2v) is 8.57. The van der Waals surface area contributed by atoms with Crippen LogP contribution in [0, 0.1) is 17.7 Å². The molecule has 1 N–H and O–H groups in total. The maximum absolute atomic E-state index is 15.1. The second-order valence-electron chi connectivity index (χ2n) is 8.57. The quantitative estimate of drug-likeness (QED) is 0.203. The smallest absolute Gasteiger partial charge is 0.151 e. The van der Waals surface area contributed by atoms with Crippen LogP contribution >= 0.6 is 0 Å². The number of unbranched alkanes of at least 4 members (excludes halogenated alkanes) is 1. The van der Waals surface area contributed by atoms with Crippen LogP contribution in [-0.2, 0) is 0 Å². The van der Waals surface area contributed by atoms with Gasteiger partial charge in [-0.1, -0.05) is 46.8 Å². The summed E-state index contributed by atoms with van der Waals surface area (Å²) in [6.45, 7) is 21.1. The summed E-state index contributed by atoms with van der Waals surface area (Å²) >= 11 is 0. The van der Waals surface area contributed by atoms with Crippen molar-refractivity contribution in [3.05, 3.63) is 41.9 Å². The first kappa shape index (κ1) is 26.8. The van der Waals surface area contributed by atoms with E-state index in [1.54, 1.807) is 5.01 Å². The van der Waals surface area contributed by atoms with Gasteiger partial charge in [0.15, 0.2) is 5.82 Å². The molecule has 0 fully saturated rings. The third kappa shape index (κ3) is 8.06. The van der Waals surface area contributed by atoms with Crippen molar-refractivity contribution < 1.29 is 4.39 Å². The molecule has 31 heavy (non-hydrogen) atoms. The lowest BCUT2D eigenvalue weighted by Gasteiger charge is -2.24. The van der Waals surface area contributed by atoms with Crippen LogP contribution < -0.4 is 10.3 Å². The Bertz CT molecular complexity index is 808.